The zero-order valence-electron chi connectivity index (χ0n) is 22.3. The van der Waals surface area contributed by atoms with E-state index in [1.807, 2.05) is 31.2 Å². The van der Waals surface area contributed by atoms with Crippen LogP contribution in [0.25, 0.3) is 0 Å². The Balaban J connectivity index is 0.000000321. The number of rotatable bonds is 9. The summed E-state index contributed by atoms with van der Waals surface area (Å²) < 4.78 is 81.6. The summed E-state index contributed by atoms with van der Waals surface area (Å²) in [6.07, 6.45) is 0.326. The number of halogens is 1. The van der Waals surface area contributed by atoms with Crippen LogP contribution in [0.2, 0.25) is 0 Å². The first-order valence-corrected chi connectivity index (χ1v) is 17.7. The van der Waals surface area contributed by atoms with Crippen molar-refractivity contribution in [2.75, 3.05) is 13.1 Å². The Hall–Kier alpha value is -2.67. The monoisotopic (exact) mass is 704 g/mol. The number of thiophene rings is 1. The molecule has 0 bridgehead atoms. The van der Waals surface area contributed by atoms with Crippen molar-refractivity contribution in [2.24, 2.45) is 0 Å². The SMILES string of the molecule is Cc1cc(C)c(S(=O)(=O)NCCC#N)c(C)c1.N#CCCNS(=O)(=O)c1ccccc1Br.O=S(=O)(O)c1cccs1. The van der Waals surface area contributed by atoms with Crippen LogP contribution < -0.4 is 9.44 Å². The molecule has 0 saturated heterocycles. The van der Waals surface area contributed by atoms with Gasteiger partial charge in [0.1, 0.15) is 4.21 Å². The molecule has 0 aliphatic rings. The average Bonchev–Trinajstić information content (AvgIpc) is 3.40. The second-order valence-corrected chi connectivity index (χ2v) is 15.1. The van der Waals surface area contributed by atoms with Gasteiger partial charge in [-0.15, -0.1) is 11.3 Å². The lowest BCUT2D eigenvalue weighted by Crippen LogP contribution is -2.26. The predicted molar refractivity (Wildman–Crippen MR) is 160 cm³/mol. The van der Waals surface area contributed by atoms with Crippen LogP contribution in [0.5, 0.6) is 0 Å². The molecule has 0 fully saturated rings. The van der Waals surface area contributed by atoms with Crippen molar-refractivity contribution in [3.63, 3.8) is 0 Å². The quantitative estimate of drug-likeness (QED) is 0.213. The Morgan fingerprint density at radius 2 is 1.34 bits per heavy atom. The van der Waals surface area contributed by atoms with E-state index in [1.165, 1.54) is 12.1 Å². The number of hydrogen-bond acceptors (Lipinski definition) is 9. The molecule has 1 heterocycles. The Labute approximate surface area is 253 Å². The second kappa shape index (κ2) is 16.7. The van der Waals surface area contributed by atoms with Gasteiger partial charge in [-0.1, -0.05) is 35.9 Å². The van der Waals surface area contributed by atoms with Crippen LogP contribution in [0.4, 0.5) is 0 Å². The van der Waals surface area contributed by atoms with E-state index in [-0.39, 0.29) is 35.0 Å². The van der Waals surface area contributed by atoms with E-state index < -0.39 is 30.2 Å². The minimum atomic E-state index is -3.94. The molecule has 3 rings (SSSR count). The Bertz CT molecular complexity index is 1690. The van der Waals surface area contributed by atoms with Crippen LogP contribution in [-0.2, 0) is 30.2 Å². The highest BCUT2D eigenvalue weighted by Gasteiger charge is 2.19. The molecular formula is C25H29BrN4O7S4. The van der Waals surface area contributed by atoms with Gasteiger partial charge in [-0.2, -0.15) is 18.9 Å². The molecule has 0 saturated carbocycles. The molecule has 3 N–H and O–H groups in total. The van der Waals surface area contributed by atoms with E-state index in [0.717, 1.165) is 28.0 Å². The van der Waals surface area contributed by atoms with Gasteiger partial charge in [0.05, 0.1) is 21.9 Å². The summed E-state index contributed by atoms with van der Waals surface area (Å²) in [4.78, 5) is 0.504. The first-order valence-electron chi connectivity index (χ1n) is 11.6. The van der Waals surface area contributed by atoms with Gasteiger partial charge in [0.15, 0.2) is 0 Å². The highest BCUT2D eigenvalue weighted by Crippen LogP contribution is 2.22. The molecule has 222 valence electrons. The summed E-state index contributed by atoms with van der Waals surface area (Å²) in [6, 6.07) is 16.9. The van der Waals surface area contributed by atoms with Gasteiger partial charge in [-0.05, 0) is 71.4 Å². The molecule has 0 aliphatic heterocycles. The van der Waals surface area contributed by atoms with Gasteiger partial charge < -0.3 is 0 Å². The summed E-state index contributed by atoms with van der Waals surface area (Å²) >= 11 is 4.15. The molecule has 0 unspecified atom stereocenters. The molecule has 41 heavy (non-hydrogen) atoms. The first kappa shape index (κ1) is 36.4. The van der Waals surface area contributed by atoms with Crippen molar-refractivity contribution in [3.05, 3.63) is 75.1 Å². The molecular weight excluding hydrogens is 676 g/mol. The van der Waals surface area contributed by atoms with Crippen molar-refractivity contribution >= 4 is 57.4 Å². The summed E-state index contributed by atoms with van der Waals surface area (Å²) in [7, 11) is -11.0. The largest absolute Gasteiger partial charge is 0.304 e. The molecule has 0 spiro atoms. The summed E-state index contributed by atoms with van der Waals surface area (Å²) in [6.45, 7) is 5.75. The van der Waals surface area contributed by atoms with Crippen LogP contribution in [0, 0.1) is 43.4 Å². The van der Waals surface area contributed by atoms with Crippen LogP contribution >= 0.6 is 27.3 Å². The number of sulfonamides is 2. The molecule has 2 aromatic carbocycles. The van der Waals surface area contributed by atoms with Gasteiger partial charge >= 0.3 is 10.1 Å². The van der Waals surface area contributed by atoms with Gasteiger partial charge in [-0.3, -0.25) is 4.55 Å². The van der Waals surface area contributed by atoms with Crippen LogP contribution in [0.15, 0.2) is 72.4 Å². The first-order chi connectivity index (χ1) is 19.1. The van der Waals surface area contributed by atoms with E-state index in [9.17, 15) is 25.3 Å². The van der Waals surface area contributed by atoms with Gasteiger partial charge in [0.2, 0.25) is 20.0 Å². The van der Waals surface area contributed by atoms with Gasteiger partial charge in [0.25, 0.3) is 0 Å². The third-order valence-corrected chi connectivity index (χ3v) is 11.3. The Morgan fingerprint density at radius 3 is 1.76 bits per heavy atom. The maximum absolute atomic E-state index is 12.0. The minimum Gasteiger partial charge on any atom is -0.281 e. The van der Waals surface area contributed by atoms with Crippen LogP contribution in [0.1, 0.15) is 29.5 Å². The van der Waals surface area contributed by atoms with E-state index in [4.69, 9.17) is 15.1 Å². The van der Waals surface area contributed by atoms with E-state index in [2.05, 4.69) is 25.4 Å². The summed E-state index contributed by atoms with van der Waals surface area (Å²) in [5.41, 5.74) is 2.50. The molecule has 0 aliphatic carbocycles. The summed E-state index contributed by atoms with van der Waals surface area (Å²) in [5, 5.41) is 18.3. The Kier molecular flexibility index (Phi) is 14.8. The van der Waals surface area contributed by atoms with Crippen molar-refractivity contribution < 1.29 is 29.8 Å². The molecule has 1 aromatic heterocycles. The van der Waals surface area contributed by atoms with Crippen molar-refractivity contribution in [2.45, 2.75) is 47.6 Å². The molecule has 11 nitrogen and oxygen atoms in total. The highest BCUT2D eigenvalue weighted by molar-refractivity contribution is 9.10. The highest BCUT2D eigenvalue weighted by atomic mass is 79.9. The van der Waals surface area contributed by atoms with Gasteiger partial charge in [0, 0.05) is 30.4 Å². The number of hydrogen-bond donors (Lipinski definition) is 3. The predicted octanol–water partition coefficient (Wildman–Crippen LogP) is 4.44. The second-order valence-electron chi connectivity index (χ2n) is 8.18. The zero-order chi connectivity index (χ0) is 31.3. The number of nitrogens with one attached hydrogen (secondary N) is 2. The fourth-order valence-electron chi connectivity index (χ4n) is 3.30. The maximum atomic E-state index is 12.0. The Morgan fingerprint density at radius 1 is 0.829 bits per heavy atom. The maximum Gasteiger partial charge on any atom is 0.304 e. The fraction of sp³-hybridized carbons (Fsp3) is 0.280. The lowest BCUT2D eigenvalue weighted by molar-refractivity contribution is 0.485. The van der Waals surface area contributed by atoms with Crippen LogP contribution in [0.3, 0.4) is 0 Å². The lowest BCUT2D eigenvalue weighted by atomic mass is 10.1. The molecule has 16 heteroatoms. The number of benzene rings is 2. The molecule has 0 radical (unpaired) electrons. The topological polar surface area (TPSA) is 194 Å². The minimum absolute atomic E-state index is 0.0116. The average molecular weight is 706 g/mol. The third-order valence-electron chi connectivity index (χ3n) is 4.81. The third kappa shape index (κ3) is 12.4. The van der Waals surface area contributed by atoms with Crippen molar-refractivity contribution in [1.82, 2.24) is 9.44 Å². The van der Waals surface area contributed by atoms with Gasteiger partial charge in [-0.25, -0.2) is 26.3 Å². The smallest absolute Gasteiger partial charge is 0.281 e. The normalized spacial score (nSPS) is 11.2. The van der Waals surface area contributed by atoms with Crippen LogP contribution in [-0.4, -0.2) is 42.9 Å². The number of aryl methyl sites for hydroxylation is 3. The molecule has 0 atom stereocenters. The molecule has 3 aromatic rings. The zero-order valence-corrected chi connectivity index (χ0v) is 27.2. The van der Waals surface area contributed by atoms with Crippen molar-refractivity contribution in [1.29, 1.82) is 10.5 Å². The number of nitriles is 2. The van der Waals surface area contributed by atoms with E-state index >= 15 is 0 Å². The molecule has 0 amide bonds. The van der Waals surface area contributed by atoms with E-state index in [0.29, 0.717) is 9.37 Å². The standard InChI is InChI=1S/C12H16N2O2S.C9H9BrN2O2S.C4H4O3S2/c1-9-7-10(2)12(11(3)8-9)17(15,16)14-6-4-5-13;10-8-4-1-2-5-9(8)15(13,14)12-7-3-6-11;5-9(6,7)4-2-1-3-8-4/h7-8,14H,4,6H2,1-3H3;1-2,4-5,12H,3,7H2;1-3H,(H,5,6,7). The lowest BCUT2D eigenvalue weighted by Gasteiger charge is -2.12. The van der Waals surface area contributed by atoms with Crippen molar-refractivity contribution in [3.8, 4) is 12.1 Å². The number of nitrogens with zero attached hydrogens (tertiary/aromatic N) is 2. The fourth-order valence-corrected chi connectivity index (χ4v) is 8.16. The van der Waals surface area contributed by atoms with E-state index in [1.54, 1.807) is 43.5 Å². The summed E-state index contributed by atoms with van der Waals surface area (Å²) in [5.74, 6) is 0.